The fourth-order valence-corrected chi connectivity index (χ4v) is 18.0. The second-order valence-electron chi connectivity index (χ2n) is 8.59. The summed E-state index contributed by atoms with van der Waals surface area (Å²) in [5.74, 6) is 0. The summed E-state index contributed by atoms with van der Waals surface area (Å²) in [6.07, 6.45) is 0. The zero-order chi connectivity index (χ0) is 18.6. The Morgan fingerprint density at radius 3 is 1.68 bits per heavy atom. The van der Waals surface area contributed by atoms with Gasteiger partial charge in [0.1, 0.15) is 0 Å². The minimum atomic E-state index is -1.71. The second kappa shape index (κ2) is 8.92. The molecular formula is C17H38N2O3Si3. The summed E-state index contributed by atoms with van der Waals surface area (Å²) in [5.41, 5.74) is 2.07. The van der Waals surface area contributed by atoms with Crippen molar-refractivity contribution in [3.8, 4) is 0 Å². The Morgan fingerprint density at radius 2 is 1.28 bits per heavy atom. The molecule has 0 saturated carbocycles. The molecule has 25 heavy (non-hydrogen) atoms. The molecule has 0 unspecified atom stereocenters. The van der Waals surface area contributed by atoms with E-state index in [1.54, 1.807) is 0 Å². The Kier molecular flexibility index (Phi) is 7.67. The summed E-state index contributed by atoms with van der Waals surface area (Å²) in [7, 11) is -5.09. The number of ether oxygens (including phenoxy) is 2. The van der Waals surface area contributed by atoms with E-state index in [0.717, 1.165) is 52.6 Å². The number of nitrogens with zero attached hydrogens (tertiary/aromatic N) is 2. The Balaban J connectivity index is 2.08. The fraction of sp³-hybridized carbons (Fsp3) is 0.882. The van der Waals surface area contributed by atoms with E-state index >= 15 is 0 Å². The maximum Gasteiger partial charge on any atom is 0.203 e. The highest BCUT2D eigenvalue weighted by molar-refractivity contribution is 6.88. The summed E-state index contributed by atoms with van der Waals surface area (Å²) >= 11 is 0. The maximum absolute atomic E-state index is 6.64. The molecule has 0 aromatic rings. The molecule has 2 rings (SSSR count). The minimum Gasteiger partial charge on any atom is -0.453 e. The van der Waals surface area contributed by atoms with Gasteiger partial charge in [0.05, 0.1) is 26.4 Å². The highest BCUT2D eigenvalue weighted by atomic mass is 28.4. The van der Waals surface area contributed by atoms with Crippen molar-refractivity contribution in [2.24, 2.45) is 0 Å². The lowest BCUT2D eigenvalue weighted by atomic mass is 10.5. The van der Waals surface area contributed by atoms with Crippen LogP contribution in [0.2, 0.25) is 44.8 Å². The number of hydrogen-bond donors (Lipinski definition) is 0. The first-order chi connectivity index (χ1) is 11.7. The van der Waals surface area contributed by atoms with Crippen LogP contribution in [0.15, 0.2) is 12.3 Å². The van der Waals surface area contributed by atoms with Gasteiger partial charge in [0.2, 0.25) is 8.40 Å². The monoisotopic (exact) mass is 402 g/mol. The zero-order valence-corrected chi connectivity index (χ0v) is 20.0. The van der Waals surface area contributed by atoms with Gasteiger partial charge in [-0.3, -0.25) is 0 Å². The van der Waals surface area contributed by atoms with Gasteiger partial charge in [-0.1, -0.05) is 5.70 Å². The van der Waals surface area contributed by atoms with E-state index in [1.807, 2.05) is 0 Å². The van der Waals surface area contributed by atoms with Gasteiger partial charge >= 0.3 is 0 Å². The average molecular weight is 403 g/mol. The molecule has 0 aromatic carbocycles. The first-order valence-electron chi connectivity index (χ1n) is 9.68. The van der Waals surface area contributed by atoms with Gasteiger partial charge in [0.25, 0.3) is 0 Å². The van der Waals surface area contributed by atoms with Gasteiger partial charge in [-0.05, 0) is 44.8 Å². The van der Waals surface area contributed by atoms with Crippen molar-refractivity contribution in [2.45, 2.75) is 44.8 Å². The van der Waals surface area contributed by atoms with Crippen LogP contribution >= 0.6 is 0 Å². The van der Waals surface area contributed by atoms with Gasteiger partial charge in [0.15, 0.2) is 16.6 Å². The summed E-state index contributed by atoms with van der Waals surface area (Å²) in [4.78, 5) is 0. The van der Waals surface area contributed by atoms with E-state index in [0.29, 0.717) is 0 Å². The van der Waals surface area contributed by atoms with Crippen molar-refractivity contribution in [3.63, 3.8) is 0 Å². The van der Waals surface area contributed by atoms with Crippen molar-refractivity contribution in [3.05, 3.63) is 12.3 Å². The van der Waals surface area contributed by atoms with Gasteiger partial charge in [0, 0.05) is 26.2 Å². The van der Waals surface area contributed by atoms with Gasteiger partial charge in [-0.2, -0.15) is 0 Å². The SMILES string of the molecule is C=C[Si](C)(C)O[Si](C)(C)CC[Si](C)(N1CCOCC1)N1CCOCC1. The van der Waals surface area contributed by atoms with Crippen LogP contribution in [0.3, 0.4) is 0 Å². The molecular weight excluding hydrogens is 364 g/mol. The molecule has 8 heteroatoms. The third-order valence-corrected chi connectivity index (χ3v) is 17.7. The van der Waals surface area contributed by atoms with Crippen molar-refractivity contribution in [1.29, 1.82) is 0 Å². The topological polar surface area (TPSA) is 34.2 Å². The van der Waals surface area contributed by atoms with Crippen LogP contribution in [0.25, 0.3) is 0 Å². The molecule has 2 aliphatic rings. The summed E-state index contributed by atoms with van der Waals surface area (Å²) < 4.78 is 23.4. The van der Waals surface area contributed by atoms with Gasteiger partial charge in [-0.15, -0.1) is 6.58 Å². The molecule has 0 bridgehead atoms. The molecule has 0 radical (unpaired) electrons. The smallest absolute Gasteiger partial charge is 0.203 e. The molecule has 0 aliphatic carbocycles. The van der Waals surface area contributed by atoms with Crippen molar-refractivity contribution < 1.29 is 13.6 Å². The Labute approximate surface area is 157 Å². The lowest BCUT2D eigenvalue weighted by Gasteiger charge is -2.50. The van der Waals surface area contributed by atoms with E-state index in [9.17, 15) is 0 Å². The minimum absolute atomic E-state index is 0.876. The Morgan fingerprint density at radius 1 is 0.840 bits per heavy atom. The number of rotatable bonds is 8. The summed E-state index contributed by atoms with van der Waals surface area (Å²) in [5, 5.41) is 0. The molecule has 2 saturated heterocycles. The molecule has 2 aliphatic heterocycles. The normalized spacial score (nSPS) is 22.1. The van der Waals surface area contributed by atoms with Crippen LogP contribution in [0, 0.1) is 0 Å². The molecule has 0 N–H and O–H groups in total. The molecule has 0 spiro atoms. The Bertz CT molecular complexity index is 419. The van der Waals surface area contributed by atoms with Crippen LogP contribution < -0.4 is 0 Å². The third kappa shape index (κ3) is 6.10. The highest BCUT2D eigenvalue weighted by Crippen LogP contribution is 2.30. The van der Waals surface area contributed by atoms with Crippen LogP contribution in [-0.4, -0.2) is 86.8 Å². The molecule has 2 fully saturated rings. The average Bonchev–Trinajstić information content (AvgIpc) is 2.60. The van der Waals surface area contributed by atoms with E-state index in [4.69, 9.17) is 13.6 Å². The molecule has 5 nitrogen and oxygen atoms in total. The largest absolute Gasteiger partial charge is 0.453 e. The molecule has 0 amide bonds. The molecule has 2 heterocycles. The number of hydrogen-bond acceptors (Lipinski definition) is 5. The van der Waals surface area contributed by atoms with Crippen molar-refractivity contribution in [1.82, 2.24) is 9.13 Å². The third-order valence-electron chi connectivity index (χ3n) is 5.62. The summed E-state index contributed by atoms with van der Waals surface area (Å²) in [6.45, 7) is 23.7. The fourth-order valence-electron chi connectivity index (χ4n) is 3.95. The lowest BCUT2D eigenvalue weighted by Crippen LogP contribution is -2.68. The maximum atomic E-state index is 6.64. The Hall–Kier alpha value is 0.191. The van der Waals surface area contributed by atoms with E-state index in [1.165, 1.54) is 12.1 Å². The first-order valence-corrected chi connectivity index (χ1v) is 18.4. The summed E-state index contributed by atoms with van der Waals surface area (Å²) in [6, 6.07) is 2.52. The second-order valence-corrected chi connectivity index (χ2v) is 21.2. The predicted octanol–water partition coefficient (Wildman–Crippen LogP) is 2.87. The first kappa shape index (κ1) is 21.5. The van der Waals surface area contributed by atoms with Crippen molar-refractivity contribution >= 4 is 25.0 Å². The standard InChI is InChI=1S/C17H38N2O3Si3/c1-7-23(2,3)22-24(4,5)16-17-25(6,18-8-12-20-13-9-18)19-10-14-21-15-11-19/h7H,1,8-17H2,2-6H3. The number of morpholine rings is 2. The van der Waals surface area contributed by atoms with Crippen LogP contribution in [0.5, 0.6) is 0 Å². The highest BCUT2D eigenvalue weighted by Gasteiger charge is 2.44. The van der Waals surface area contributed by atoms with Crippen LogP contribution in [0.4, 0.5) is 0 Å². The van der Waals surface area contributed by atoms with Gasteiger partial charge in [-0.25, -0.2) is 0 Å². The van der Waals surface area contributed by atoms with Crippen LogP contribution in [-0.2, 0) is 13.6 Å². The molecule has 0 aromatic heterocycles. The van der Waals surface area contributed by atoms with E-state index < -0.39 is 25.0 Å². The zero-order valence-electron chi connectivity index (χ0n) is 17.0. The molecule has 146 valence electrons. The lowest BCUT2D eigenvalue weighted by molar-refractivity contribution is 0.0443. The molecule has 0 atom stereocenters. The quantitative estimate of drug-likeness (QED) is 0.583. The van der Waals surface area contributed by atoms with Gasteiger partial charge < -0.3 is 22.7 Å². The van der Waals surface area contributed by atoms with E-state index in [-0.39, 0.29) is 0 Å². The van der Waals surface area contributed by atoms with Crippen LogP contribution in [0.1, 0.15) is 0 Å². The van der Waals surface area contributed by atoms with E-state index in [2.05, 4.69) is 54.1 Å². The predicted molar refractivity (Wildman–Crippen MR) is 112 cm³/mol. The van der Waals surface area contributed by atoms with Crippen molar-refractivity contribution in [2.75, 3.05) is 52.6 Å².